The van der Waals surface area contributed by atoms with E-state index in [1.54, 1.807) is 11.3 Å². The highest BCUT2D eigenvalue weighted by Crippen LogP contribution is 2.45. The zero-order chi connectivity index (χ0) is 17.9. The predicted molar refractivity (Wildman–Crippen MR) is 101 cm³/mol. The van der Waals surface area contributed by atoms with Gasteiger partial charge in [0.15, 0.2) is 0 Å². The molecule has 1 amide bonds. The van der Waals surface area contributed by atoms with E-state index in [0.717, 1.165) is 37.1 Å². The van der Waals surface area contributed by atoms with Gasteiger partial charge in [-0.05, 0) is 49.0 Å². The number of hydrogen-bond acceptors (Lipinski definition) is 3. The number of nitrogens with zero attached hydrogens (tertiary/aromatic N) is 1. The Morgan fingerprint density at radius 3 is 2.58 bits per heavy atom. The van der Waals surface area contributed by atoms with E-state index in [2.05, 4.69) is 32.2 Å². The monoisotopic (exact) mass is 346 g/mol. The third-order valence-corrected chi connectivity index (χ3v) is 7.16. The fourth-order valence-corrected chi connectivity index (χ4v) is 4.90. The summed E-state index contributed by atoms with van der Waals surface area (Å²) >= 11 is 1.63. The summed E-state index contributed by atoms with van der Waals surface area (Å²) in [4.78, 5) is 13.7. The second-order valence-corrected chi connectivity index (χ2v) is 8.71. The average molecular weight is 347 g/mol. The summed E-state index contributed by atoms with van der Waals surface area (Å²) < 4.78 is 0. The summed E-state index contributed by atoms with van der Waals surface area (Å²) in [5.74, 6) is 0.741. The first-order valence-electron chi connectivity index (χ1n) is 9.23. The van der Waals surface area contributed by atoms with E-state index in [4.69, 9.17) is 0 Å². The Kier molecular flexibility index (Phi) is 6.09. The Hall–Kier alpha value is -1.34. The number of carbonyl (C=O) groups excluding carboxylic acids is 1. The highest BCUT2D eigenvalue weighted by Gasteiger charge is 2.34. The van der Waals surface area contributed by atoms with Crippen LogP contribution in [0.3, 0.4) is 0 Å². The van der Waals surface area contributed by atoms with Crippen molar-refractivity contribution in [3.05, 3.63) is 16.0 Å². The Morgan fingerprint density at radius 2 is 2.04 bits per heavy atom. The van der Waals surface area contributed by atoms with Gasteiger partial charge in [0, 0.05) is 10.8 Å². The van der Waals surface area contributed by atoms with E-state index >= 15 is 0 Å². The predicted octanol–water partition coefficient (Wildman–Crippen LogP) is 5.54. The Balaban J connectivity index is 2.26. The average Bonchev–Trinajstić information content (AvgIpc) is 2.91. The van der Waals surface area contributed by atoms with Crippen LogP contribution in [-0.4, -0.2) is 5.91 Å². The van der Waals surface area contributed by atoms with Gasteiger partial charge in [0.1, 0.15) is 11.1 Å². The van der Waals surface area contributed by atoms with Crippen molar-refractivity contribution in [3.8, 4) is 6.07 Å². The Morgan fingerprint density at radius 1 is 1.38 bits per heavy atom. The minimum atomic E-state index is 0.0300. The van der Waals surface area contributed by atoms with Crippen LogP contribution in [-0.2, 0) is 17.6 Å². The van der Waals surface area contributed by atoms with E-state index in [9.17, 15) is 10.1 Å². The molecule has 24 heavy (non-hydrogen) atoms. The number of carbonyl (C=O) groups is 1. The van der Waals surface area contributed by atoms with Crippen LogP contribution in [0.4, 0.5) is 5.00 Å². The number of amides is 1. The standard InChI is InChI=1S/C20H30N2OS/c1-6-13(7-2)18(23)22-19-16(12-21)15-10-9-14(11-17(15)24-19)20(4,5)8-3/h13-14H,6-11H2,1-5H3,(H,22,23)/t14-/m0/s1. The van der Waals surface area contributed by atoms with Gasteiger partial charge in [0.05, 0.1) is 5.56 Å². The normalized spacial score (nSPS) is 17.5. The SMILES string of the molecule is CCC(CC)C(=O)Nc1sc2c(c1C#N)CC[C@H](C(C)(C)CC)C2. The van der Waals surface area contributed by atoms with Crippen molar-refractivity contribution in [2.45, 2.75) is 73.1 Å². The van der Waals surface area contributed by atoms with Gasteiger partial charge in [-0.3, -0.25) is 4.79 Å². The molecule has 1 aromatic rings. The summed E-state index contributed by atoms with van der Waals surface area (Å²) in [6.07, 6.45) is 5.98. The molecule has 3 nitrogen and oxygen atoms in total. The fourth-order valence-electron chi connectivity index (χ4n) is 3.62. The first kappa shape index (κ1) is 19.0. The molecule has 0 fully saturated rings. The molecule has 2 rings (SSSR count). The quantitative estimate of drug-likeness (QED) is 0.735. The molecule has 1 aliphatic carbocycles. The topological polar surface area (TPSA) is 52.9 Å². The molecule has 0 spiro atoms. The zero-order valence-corrected chi connectivity index (χ0v) is 16.5. The van der Waals surface area contributed by atoms with Gasteiger partial charge < -0.3 is 5.32 Å². The van der Waals surface area contributed by atoms with Crippen LogP contribution < -0.4 is 5.32 Å². The minimum Gasteiger partial charge on any atom is -0.316 e. The van der Waals surface area contributed by atoms with Crippen molar-refractivity contribution >= 4 is 22.2 Å². The minimum absolute atomic E-state index is 0.0300. The second kappa shape index (κ2) is 7.70. The zero-order valence-electron chi connectivity index (χ0n) is 15.7. The smallest absolute Gasteiger partial charge is 0.228 e. The molecule has 1 atom stereocenters. The lowest BCUT2D eigenvalue weighted by Gasteiger charge is -2.36. The van der Waals surface area contributed by atoms with Crippen molar-refractivity contribution in [3.63, 3.8) is 0 Å². The molecule has 0 bridgehead atoms. The van der Waals surface area contributed by atoms with Crippen molar-refractivity contribution in [2.75, 3.05) is 5.32 Å². The van der Waals surface area contributed by atoms with Crippen LogP contribution in [0.1, 0.15) is 76.3 Å². The number of nitrogens with one attached hydrogen (secondary N) is 1. The van der Waals surface area contributed by atoms with Crippen LogP contribution in [0.25, 0.3) is 0 Å². The van der Waals surface area contributed by atoms with Crippen LogP contribution in [0, 0.1) is 28.6 Å². The van der Waals surface area contributed by atoms with E-state index < -0.39 is 0 Å². The lowest BCUT2D eigenvalue weighted by molar-refractivity contribution is -0.120. The van der Waals surface area contributed by atoms with Crippen LogP contribution >= 0.6 is 11.3 Å². The first-order chi connectivity index (χ1) is 11.4. The molecular formula is C20H30N2OS. The molecule has 132 valence electrons. The largest absolute Gasteiger partial charge is 0.316 e. The Labute approximate surface area is 150 Å². The maximum atomic E-state index is 12.4. The number of hydrogen-bond donors (Lipinski definition) is 1. The molecule has 0 saturated carbocycles. The third kappa shape index (κ3) is 3.67. The van der Waals surface area contributed by atoms with Crippen molar-refractivity contribution in [2.24, 2.45) is 17.3 Å². The van der Waals surface area contributed by atoms with Gasteiger partial charge in [-0.25, -0.2) is 0 Å². The molecule has 1 aromatic heterocycles. The van der Waals surface area contributed by atoms with Gasteiger partial charge in [-0.1, -0.05) is 41.0 Å². The van der Waals surface area contributed by atoms with Gasteiger partial charge in [0.25, 0.3) is 0 Å². The lowest BCUT2D eigenvalue weighted by Crippen LogP contribution is -2.28. The summed E-state index contributed by atoms with van der Waals surface area (Å²) in [6.45, 7) is 11.0. The van der Waals surface area contributed by atoms with Crippen LogP contribution in [0.2, 0.25) is 0 Å². The fraction of sp³-hybridized carbons (Fsp3) is 0.700. The summed E-state index contributed by atoms with van der Waals surface area (Å²) in [7, 11) is 0. The van der Waals surface area contributed by atoms with Gasteiger partial charge in [-0.2, -0.15) is 5.26 Å². The van der Waals surface area contributed by atoms with Crippen molar-refractivity contribution in [1.29, 1.82) is 5.26 Å². The molecule has 4 heteroatoms. The van der Waals surface area contributed by atoms with E-state index in [-0.39, 0.29) is 11.8 Å². The molecule has 1 N–H and O–H groups in total. The van der Waals surface area contributed by atoms with E-state index in [1.165, 1.54) is 16.9 Å². The molecule has 0 aliphatic heterocycles. The van der Waals surface area contributed by atoms with Crippen LogP contribution in [0.15, 0.2) is 0 Å². The Bertz CT molecular complexity index is 635. The number of thiophene rings is 1. The molecule has 1 aliphatic rings. The second-order valence-electron chi connectivity index (χ2n) is 7.60. The molecule has 0 saturated heterocycles. The van der Waals surface area contributed by atoms with Gasteiger partial charge >= 0.3 is 0 Å². The summed E-state index contributed by atoms with van der Waals surface area (Å²) in [6, 6.07) is 2.35. The molecule has 0 aromatic carbocycles. The van der Waals surface area contributed by atoms with Crippen molar-refractivity contribution in [1.82, 2.24) is 0 Å². The highest BCUT2D eigenvalue weighted by atomic mass is 32.1. The van der Waals surface area contributed by atoms with E-state index in [1.807, 2.05) is 13.8 Å². The number of anilines is 1. The van der Waals surface area contributed by atoms with Gasteiger partial charge in [-0.15, -0.1) is 11.3 Å². The molecular weight excluding hydrogens is 316 g/mol. The van der Waals surface area contributed by atoms with Crippen molar-refractivity contribution < 1.29 is 4.79 Å². The lowest BCUT2D eigenvalue weighted by atomic mass is 9.69. The van der Waals surface area contributed by atoms with E-state index in [0.29, 0.717) is 16.9 Å². The maximum absolute atomic E-state index is 12.4. The van der Waals surface area contributed by atoms with Crippen LogP contribution in [0.5, 0.6) is 0 Å². The third-order valence-electron chi connectivity index (χ3n) is 5.99. The number of nitriles is 1. The summed E-state index contributed by atoms with van der Waals surface area (Å²) in [5.41, 5.74) is 2.22. The molecule has 1 heterocycles. The molecule has 0 radical (unpaired) electrons. The molecule has 0 unspecified atom stereocenters. The van der Waals surface area contributed by atoms with Gasteiger partial charge in [0.2, 0.25) is 5.91 Å². The highest BCUT2D eigenvalue weighted by molar-refractivity contribution is 7.16. The number of fused-ring (bicyclic) bond motifs is 1. The summed E-state index contributed by atoms with van der Waals surface area (Å²) in [5, 5.41) is 13.4. The maximum Gasteiger partial charge on any atom is 0.228 e. The first-order valence-corrected chi connectivity index (χ1v) is 10.0. The number of rotatable bonds is 6.